The summed E-state index contributed by atoms with van der Waals surface area (Å²) in [6.45, 7) is 3.68. The zero-order valence-electron chi connectivity index (χ0n) is 16.0. The molecule has 8 heteroatoms. The number of benzene rings is 2. The standard InChI is InChI=1S/C22H16ClFN2O3S/c1-11-12(2)30-22(25-11)26-18(13-5-9-16(24)10-6-13)17(20(28)21(26)29)19(27)14-3-7-15(23)8-4-14/h3-10,18,27H,1-2H3/b19-17+/t18-/m0/s1. The normalized spacial score (nSPS) is 18.3. The van der Waals surface area contributed by atoms with Gasteiger partial charge < -0.3 is 5.11 Å². The molecule has 0 bridgehead atoms. The van der Waals surface area contributed by atoms with Gasteiger partial charge in [-0.1, -0.05) is 23.7 Å². The molecule has 152 valence electrons. The molecule has 5 nitrogen and oxygen atoms in total. The lowest BCUT2D eigenvalue weighted by Crippen LogP contribution is -2.29. The van der Waals surface area contributed by atoms with Crippen LogP contribution in [0.4, 0.5) is 9.52 Å². The van der Waals surface area contributed by atoms with Crippen molar-refractivity contribution in [3.05, 3.63) is 86.6 Å². The van der Waals surface area contributed by atoms with Gasteiger partial charge in [0.2, 0.25) is 0 Å². The van der Waals surface area contributed by atoms with Crippen LogP contribution in [0.3, 0.4) is 0 Å². The van der Waals surface area contributed by atoms with Gasteiger partial charge in [0.15, 0.2) is 5.13 Å². The summed E-state index contributed by atoms with van der Waals surface area (Å²) >= 11 is 7.19. The van der Waals surface area contributed by atoms with Crippen molar-refractivity contribution in [2.45, 2.75) is 19.9 Å². The van der Waals surface area contributed by atoms with Crippen LogP contribution < -0.4 is 4.90 Å². The molecule has 1 atom stereocenters. The topological polar surface area (TPSA) is 70.5 Å². The van der Waals surface area contributed by atoms with Gasteiger partial charge in [0, 0.05) is 15.5 Å². The Labute approximate surface area is 181 Å². The average Bonchev–Trinajstić information content (AvgIpc) is 3.18. The number of aryl methyl sites for hydroxylation is 2. The summed E-state index contributed by atoms with van der Waals surface area (Å²) in [6.07, 6.45) is 0. The van der Waals surface area contributed by atoms with Gasteiger partial charge in [-0.3, -0.25) is 14.5 Å². The Hall–Kier alpha value is -3.03. The van der Waals surface area contributed by atoms with E-state index in [4.69, 9.17) is 11.6 Å². The summed E-state index contributed by atoms with van der Waals surface area (Å²) in [5.41, 5.74) is 1.49. The second kappa shape index (κ2) is 7.66. The number of nitrogens with zero attached hydrogens (tertiary/aromatic N) is 2. The number of carbonyl (C=O) groups is 2. The summed E-state index contributed by atoms with van der Waals surface area (Å²) in [5, 5.41) is 11.8. The summed E-state index contributed by atoms with van der Waals surface area (Å²) in [4.78, 5) is 32.6. The maximum atomic E-state index is 13.5. The smallest absolute Gasteiger partial charge is 0.301 e. The number of aliphatic hydroxyl groups excluding tert-OH is 1. The van der Waals surface area contributed by atoms with Crippen LogP contribution in [-0.4, -0.2) is 21.8 Å². The third-order valence-corrected chi connectivity index (χ3v) is 6.30. The maximum absolute atomic E-state index is 13.5. The molecular weight excluding hydrogens is 427 g/mol. The maximum Gasteiger partial charge on any atom is 0.301 e. The molecule has 1 N–H and O–H groups in total. The minimum absolute atomic E-state index is 0.0839. The van der Waals surface area contributed by atoms with E-state index in [0.717, 1.165) is 10.6 Å². The lowest BCUT2D eigenvalue weighted by molar-refractivity contribution is -0.132. The number of carbonyl (C=O) groups excluding carboxylic acids is 2. The molecule has 30 heavy (non-hydrogen) atoms. The first-order valence-corrected chi connectivity index (χ1v) is 10.2. The Balaban J connectivity index is 1.94. The second-order valence-electron chi connectivity index (χ2n) is 6.87. The van der Waals surface area contributed by atoms with Gasteiger partial charge in [0.1, 0.15) is 11.6 Å². The van der Waals surface area contributed by atoms with E-state index in [1.54, 1.807) is 24.3 Å². The number of anilines is 1. The van der Waals surface area contributed by atoms with Crippen LogP contribution >= 0.6 is 22.9 Å². The molecule has 0 radical (unpaired) electrons. The highest BCUT2D eigenvalue weighted by molar-refractivity contribution is 7.16. The second-order valence-corrected chi connectivity index (χ2v) is 8.48. The summed E-state index contributed by atoms with van der Waals surface area (Å²) in [6, 6.07) is 10.8. The third-order valence-electron chi connectivity index (χ3n) is 4.97. The zero-order chi connectivity index (χ0) is 21.6. The number of aromatic nitrogens is 1. The lowest BCUT2D eigenvalue weighted by atomic mass is 9.95. The van der Waals surface area contributed by atoms with Crippen molar-refractivity contribution in [1.29, 1.82) is 0 Å². The van der Waals surface area contributed by atoms with Gasteiger partial charge in [0.05, 0.1) is 17.3 Å². The highest BCUT2D eigenvalue weighted by atomic mass is 35.5. The Bertz CT molecular complexity index is 1170. The van der Waals surface area contributed by atoms with E-state index in [1.807, 2.05) is 13.8 Å². The number of amides is 1. The molecule has 0 aliphatic carbocycles. The SMILES string of the molecule is Cc1nc(N2C(=O)C(=O)/C(=C(/O)c3ccc(Cl)cc3)[C@@H]2c2ccc(F)cc2)sc1C. The van der Waals surface area contributed by atoms with Crippen LogP contribution in [0.25, 0.3) is 5.76 Å². The van der Waals surface area contributed by atoms with Gasteiger partial charge >= 0.3 is 5.91 Å². The monoisotopic (exact) mass is 442 g/mol. The van der Waals surface area contributed by atoms with Gasteiger partial charge in [-0.15, -0.1) is 11.3 Å². The fourth-order valence-corrected chi connectivity index (χ4v) is 4.37. The predicted molar refractivity (Wildman–Crippen MR) is 114 cm³/mol. The van der Waals surface area contributed by atoms with Crippen molar-refractivity contribution in [2.24, 2.45) is 0 Å². The fourth-order valence-electron chi connectivity index (χ4n) is 3.31. The van der Waals surface area contributed by atoms with Gasteiger partial charge in [-0.25, -0.2) is 9.37 Å². The van der Waals surface area contributed by atoms with Crippen LogP contribution in [0.2, 0.25) is 5.02 Å². The number of hydrogen-bond donors (Lipinski definition) is 1. The molecule has 3 aromatic rings. The molecule has 0 saturated carbocycles. The van der Waals surface area contributed by atoms with Crippen molar-refractivity contribution in [2.75, 3.05) is 4.90 Å². The van der Waals surface area contributed by atoms with E-state index in [0.29, 0.717) is 21.3 Å². The number of rotatable bonds is 3. The predicted octanol–water partition coefficient (Wildman–Crippen LogP) is 5.18. The lowest BCUT2D eigenvalue weighted by Gasteiger charge is -2.23. The molecule has 1 fully saturated rings. The van der Waals surface area contributed by atoms with Crippen molar-refractivity contribution in [1.82, 2.24) is 4.98 Å². The molecule has 1 saturated heterocycles. The van der Waals surface area contributed by atoms with E-state index in [9.17, 15) is 19.1 Å². The highest BCUT2D eigenvalue weighted by Gasteiger charge is 2.48. The van der Waals surface area contributed by atoms with E-state index in [1.165, 1.54) is 40.5 Å². The average molecular weight is 443 g/mol. The Kier molecular flexibility index (Phi) is 5.17. The number of aliphatic hydroxyl groups is 1. The first-order valence-electron chi connectivity index (χ1n) is 9.04. The van der Waals surface area contributed by atoms with Crippen LogP contribution in [0, 0.1) is 19.7 Å². The van der Waals surface area contributed by atoms with E-state index in [2.05, 4.69) is 4.98 Å². The van der Waals surface area contributed by atoms with E-state index in [-0.39, 0.29) is 11.3 Å². The molecule has 2 aromatic carbocycles. The molecule has 1 aliphatic heterocycles. The van der Waals surface area contributed by atoms with Gasteiger partial charge in [-0.05, 0) is 55.8 Å². The number of thiazole rings is 1. The Morgan fingerprint density at radius 2 is 1.73 bits per heavy atom. The number of halogens is 2. The Morgan fingerprint density at radius 3 is 2.30 bits per heavy atom. The summed E-state index contributed by atoms with van der Waals surface area (Å²) in [5.74, 6) is -2.41. The van der Waals surface area contributed by atoms with Crippen molar-refractivity contribution < 1.29 is 19.1 Å². The number of ketones is 1. The van der Waals surface area contributed by atoms with Crippen LogP contribution in [-0.2, 0) is 9.59 Å². The van der Waals surface area contributed by atoms with Crippen LogP contribution in [0.1, 0.15) is 27.7 Å². The minimum atomic E-state index is -0.939. The molecule has 1 aliphatic rings. The molecule has 0 unspecified atom stereocenters. The zero-order valence-corrected chi connectivity index (χ0v) is 17.6. The van der Waals surface area contributed by atoms with E-state index < -0.39 is 23.5 Å². The minimum Gasteiger partial charge on any atom is -0.507 e. The van der Waals surface area contributed by atoms with Crippen molar-refractivity contribution in [3.8, 4) is 0 Å². The van der Waals surface area contributed by atoms with Crippen LogP contribution in [0.5, 0.6) is 0 Å². The summed E-state index contributed by atoms with van der Waals surface area (Å²) < 4.78 is 13.5. The first kappa shape index (κ1) is 20.3. The van der Waals surface area contributed by atoms with Crippen molar-refractivity contribution >= 4 is 45.5 Å². The Morgan fingerprint density at radius 1 is 1.10 bits per heavy atom. The van der Waals surface area contributed by atoms with Gasteiger partial charge in [-0.2, -0.15) is 0 Å². The molecular formula is C22H16ClFN2O3S. The first-order chi connectivity index (χ1) is 14.3. The third kappa shape index (κ3) is 3.40. The molecule has 1 amide bonds. The highest BCUT2D eigenvalue weighted by Crippen LogP contribution is 2.43. The molecule has 4 rings (SSSR count). The summed E-state index contributed by atoms with van der Waals surface area (Å²) in [7, 11) is 0. The largest absolute Gasteiger partial charge is 0.507 e. The number of Topliss-reactive ketones (excluding diaryl/α,β-unsaturated/α-hetero) is 1. The quantitative estimate of drug-likeness (QED) is 0.344. The van der Waals surface area contributed by atoms with Crippen molar-refractivity contribution in [3.63, 3.8) is 0 Å². The molecule has 1 aromatic heterocycles. The fraction of sp³-hybridized carbons (Fsp3) is 0.136. The number of hydrogen-bond acceptors (Lipinski definition) is 5. The molecule has 2 heterocycles. The van der Waals surface area contributed by atoms with Gasteiger partial charge in [0.25, 0.3) is 5.78 Å². The molecule has 0 spiro atoms. The van der Waals surface area contributed by atoms with E-state index >= 15 is 0 Å². The van der Waals surface area contributed by atoms with Crippen LogP contribution in [0.15, 0.2) is 54.1 Å².